The van der Waals surface area contributed by atoms with Crippen LogP contribution >= 0.6 is 11.8 Å². The average Bonchev–Trinajstić information content (AvgIpc) is 2.89. The van der Waals surface area contributed by atoms with Gasteiger partial charge in [-0.05, 0) is 37.0 Å². The zero-order valence-corrected chi connectivity index (χ0v) is 13.6. The highest BCUT2D eigenvalue weighted by molar-refractivity contribution is 7.99. The quantitative estimate of drug-likeness (QED) is 0.897. The third-order valence-electron chi connectivity index (χ3n) is 4.71. The Labute approximate surface area is 139 Å². The number of thioether (sulfide) groups is 1. The Morgan fingerprint density at radius 3 is 2.48 bits per heavy atom. The maximum Gasteiger partial charge on any atom is 0.327 e. The van der Waals surface area contributed by atoms with Gasteiger partial charge in [-0.15, -0.1) is 0 Å². The van der Waals surface area contributed by atoms with Crippen molar-refractivity contribution in [2.75, 3.05) is 6.54 Å². The van der Waals surface area contributed by atoms with Gasteiger partial charge in [-0.25, -0.2) is 9.18 Å². The molecule has 1 saturated heterocycles. The lowest BCUT2D eigenvalue weighted by Crippen LogP contribution is -2.47. The number of hydrogen-bond acceptors (Lipinski definition) is 3. The summed E-state index contributed by atoms with van der Waals surface area (Å²) >= 11 is 1.54. The second-order valence-corrected chi connectivity index (χ2v) is 7.43. The molecule has 0 spiro atoms. The first-order valence-electron chi connectivity index (χ1n) is 7.95. The van der Waals surface area contributed by atoms with Gasteiger partial charge in [0.25, 0.3) is 0 Å². The van der Waals surface area contributed by atoms with Crippen molar-refractivity contribution >= 4 is 23.6 Å². The molecule has 2 fully saturated rings. The van der Waals surface area contributed by atoms with Crippen LogP contribution in [0.5, 0.6) is 0 Å². The number of amides is 1. The molecule has 0 radical (unpaired) electrons. The van der Waals surface area contributed by atoms with Crippen molar-refractivity contribution in [2.24, 2.45) is 5.92 Å². The van der Waals surface area contributed by atoms with Crippen LogP contribution in [-0.4, -0.2) is 39.7 Å². The summed E-state index contributed by atoms with van der Waals surface area (Å²) in [5, 5.41) is 9.44. The number of hydrogen-bond donors (Lipinski definition) is 1. The number of carboxylic acids is 1. The molecular formula is C17H20FNO3S. The smallest absolute Gasteiger partial charge is 0.327 e. The molecule has 1 N–H and O–H groups in total. The van der Waals surface area contributed by atoms with E-state index in [0.717, 1.165) is 24.8 Å². The monoisotopic (exact) mass is 337 g/mol. The highest BCUT2D eigenvalue weighted by Gasteiger charge is 2.44. The second kappa shape index (κ2) is 6.91. The summed E-state index contributed by atoms with van der Waals surface area (Å²) in [4.78, 5) is 25.6. The molecule has 1 aromatic carbocycles. The molecule has 0 bridgehead atoms. The van der Waals surface area contributed by atoms with Crippen LogP contribution < -0.4 is 0 Å². The number of likely N-dealkylation sites (tertiary alicyclic amines) is 1. The fourth-order valence-electron chi connectivity index (χ4n) is 3.15. The molecule has 4 nitrogen and oxygen atoms in total. The SMILES string of the molecule is O=C(O)C1C(SCc2ccc(F)cc2)CCN1C(=O)C1CCC1. The lowest BCUT2D eigenvalue weighted by molar-refractivity contribution is -0.150. The van der Waals surface area contributed by atoms with Gasteiger partial charge >= 0.3 is 5.97 Å². The summed E-state index contributed by atoms with van der Waals surface area (Å²) in [5.74, 6) is -0.543. The van der Waals surface area contributed by atoms with E-state index in [9.17, 15) is 19.1 Å². The normalized spacial score (nSPS) is 24.5. The second-order valence-electron chi connectivity index (χ2n) is 6.21. The summed E-state index contributed by atoms with van der Waals surface area (Å²) in [6.45, 7) is 0.521. The number of aliphatic carboxylic acids is 1. The van der Waals surface area contributed by atoms with Crippen molar-refractivity contribution in [2.45, 2.75) is 42.7 Å². The number of halogens is 1. The number of carbonyl (C=O) groups excluding carboxylic acids is 1. The van der Waals surface area contributed by atoms with Gasteiger partial charge in [0.05, 0.1) is 0 Å². The van der Waals surface area contributed by atoms with E-state index in [2.05, 4.69) is 0 Å². The van der Waals surface area contributed by atoms with E-state index in [4.69, 9.17) is 0 Å². The first-order valence-corrected chi connectivity index (χ1v) is 9.00. The van der Waals surface area contributed by atoms with Crippen LogP contribution in [0.1, 0.15) is 31.2 Å². The topological polar surface area (TPSA) is 57.6 Å². The molecule has 1 saturated carbocycles. The van der Waals surface area contributed by atoms with Crippen molar-refractivity contribution < 1.29 is 19.1 Å². The lowest BCUT2D eigenvalue weighted by atomic mass is 9.84. The molecule has 1 amide bonds. The van der Waals surface area contributed by atoms with E-state index in [1.165, 1.54) is 12.1 Å². The molecule has 6 heteroatoms. The van der Waals surface area contributed by atoms with Crippen LogP contribution in [0.3, 0.4) is 0 Å². The van der Waals surface area contributed by atoms with Gasteiger partial charge in [0, 0.05) is 23.5 Å². The minimum absolute atomic E-state index is 0.00790. The van der Waals surface area contributed by atoms with Gasteiger partial charge in [0.2, 0.25) is 5.91 Å². The zero-order valence-electron chi connectivity index (χ0n) is 12.8. The highest BCUT2D eigenvalue weighted by atomic mass is 32.2. The molecule has 2 atom stereocenters. The molecule has 1 aliphatic carbocycles. The van der Waals surface area contributed by atoms with E-state index in [1.54, 1.807) is 28.8 Å². The van der Waals surface area contributed by atoms with Crippen LogP contribution in [0, 0.1) is 11.7 Å². The Balaban J connectivity index is 1.63. The van der Waals surface area contributed by atoms with Crippen LogP contribution in [0.25, 0.3) is 0 Å². The molecule has 2 aliphatic rings. The van der Waals surface area contributed by atoms with Gasteiger partial charge in [-0.1, -0.05) is 18.6 Å². The molecule has 124 valence electrons. The Hall–Kier alpha value is -1.56. The highest BCUT2D eigenvalue weighted by Crippen LogP contribution is 2.35. The third-order valence-corrected chi connectivity index (χ3v) is 6.13. The van der Waals surface area contributed by atoms with Crippen LogP contribution in [0.15, 0.2) is 24.3 Å². The standard InChI is InChI=1S/C17H20FNO3S/c18-13-6-4-11(5-7-13)10-23-14-8-9-19(15(14)17(21)22)16(20)12-2-1-3-12/h4-7,12,14-15H,1-3,8-10H2,(H,21,22). The first-order chi connectivity index (χ1) is 11.1. The van der Waals surface area contributed by atoms with E-state index < -0.39 is 12.0 Å². The number of benzene rings is 1. The Kier molecular flexibility index (Phi) is 4.90. The van der Waals surface area contributed by atoms with Crippen molar-refractivity contribution in [3.8, 4) is 0 Å². The maximum atomic E-state index is 12.9. The lowest BCUT2D eigenvalue weighted by Gasteiger charge is -2.32. The first kappa shape index (κ1) is 16.3. The van der Waals surface area contributed by atoms with E-state index in [1.807, 2.05) is 0 Å². The predicted octanol–water partition coefficient (Wildman–Crippen LogP) is 2.91. The molecule has 23 heavy (non-hydrogen) atoms. The number of carbonyl (C=O) groups is 2. The zero-order chi connectivity index (χ0) is 16.4. The molecule has 1 aliphatic heterocycles. The van der Waals surface area contributed by atoms with E-state index in [-0.39, 0.29) is 22.9 Å². The Morgan fingerprint density at radius 2 is 1.91 bits per heavy atom. The van der Waals surface area contributed by atoms with E-state index in [0.29, 0.717) is 18.7 Å². The number of nitrogens with zero attached hydrogens (tertiary/aromatic N) is 1. The molecule has 3 rings (SSSR count). The summed E-state index contributed by atoms with van der Waals surface area (Å²) in [7, 11) is 0. The minimum Gasteiger partial charge on any atom is -0.480 e. The van der Waals surface area contributed by atoms with Crippen molar-refractivity contribution in [1.29, 1.82) is 0 Å². The minimum atomic E-state index is -0.924. The maximum absolute atomic E-state index is 12.9. The van der Waals surface area contributed by atoms with Gasteiger partial charge in [-0.2, -0.15) is 11.8 Å². The number of carboxylic acid groups (broad SMARTS) is 1. The van der Waals surface area contributed by atoms with Gasteiger partial charge in [-0.3, -0.25) is 4.79 Å². The predicted molar refractivity (Wildman–Crippen MR) is 86.6 cm³/mol. The number of rotatable bonds is 5. The van der Waals surface area contributed by atoms with Crippen molar-refractivity contribution in [1.82, 2.24) is 4.90 Å². The molecule has 0 aromatic heterocycles. The Bertz CT molecular complexity index is 588. The molecule has 1 aromatic rings. The van der Waals surface area contributed by atoms with Gasteiger partial charge < -0.3 is 10.0 Å². The molecule has 2 unspecified atom stereocenters. The molecule has 1 heterocycles. The van der Waals surface area contributed by atoms with Crippen LogP contribution in [0.2, 0.25) is 0 Å². The largest absolute Gasteiger partial charge is 0.480 e. The third kappa shape index (κ3) is 3.52. The van der Waals surface area contributed by atoms with Gasteiger partial charge in [0.1, 0.15) is 11.9 Å². The van der Waals surface area contributed by atoms with Gasteiger partial charge in [0.15, 0.2) is 0 Å². The molecular weight excluding hydrogens is 317 g/mol. The van der Waals surface area contributed by atoms with Crippen molar-refractivity contribution in [3.05, 3.63) is 35.6 Å². The fraction of sp³-hybridized carbons (Fsp3) is 0.529. The summed E-state index contributed by atoms with van der Waals surface area (Å²) in [6, 6.07) is 5.50. The summed E-state index contributed by atoms with van der Waals surface area (Å²) < 4.78 is 12.9. The summed E-state index contributed by atoms with van der Waals surface area (Å²) in [5.41, 5.74) is 0.962. The average molecular weight is 337 g/mol. The Morgan fingerprint density at radius 1 is 1.22 bits per heavy atom. The van der Waals surface area contributed by atoms with Crippen molar-refractivity contribution in [3.63, 3.8) is 0 Å². The van der Waals surface area contributed by atoms with E-state index >= 15 is 0 Å². The van der Waals surface area contributed by atoms with Crippen LogP contribution in [-0.2, 0) is 15.3 Å². The van der Waals surface area contributed by atoms with Crippen LogP contribution in [0.4, 0.5) is 4.39 Å². The fourth-order valence-corrected chi connectivity index (χ4v) is 4.47. The summed E-state index contributed by atoms with van der Waals surface area (Å²) in [6.07, 6.45) is 3.52.